The molecule has 0 aliphatic carbocycles. The van der Waals surface area contributed by atoms with Gasteiger partial charge in [0.25, 0.3) is 0 Å². The number of carbonyl (C=O) groups excluding carboxylic acids is 2. The van der Waals surface area contributed by atoms with Crippen LogP contribution in [-0.4, -0.2) is 55.5 Å². The molecule has 0 atom stereocenters. The second-order valence-corrected chi connectivity index (χ2v) is 6.37. The van der Waals surface area contributed by atoms with Gasteiger partial charge in [0.15, 0.2) is 0 Å². The summed E-state index contributed by atoms with van der Waals surface area (Å²) in [6.07, 6.45) is 1.42. The Hall–Kier alpha value is -1.79. The zero-order chi connectivity index (χ0) is 17.5. The number of para-hydroxylation sites is 1. The predicted octanol–water partition coefficient (Wildman–Crippen LogP) is 2.55. The van der Waals surface area contributed by atoms with E-state index in [-0.39, 0.29) is 30.3 Å². The third-order valence-corrected chi connectivity index (χ3v) is 4.36. The Balaban J connectivity index is 0.00000312. The lowest BCUT2D eigenvalue weighted by Crippen LogP contribution is -2.45. The molecule has 7 heteroatoms. The molecule has 1 heterocycles. The maximum Gasteiger partial charge on any atom is 0.319 e. The molecule has 1 saturated heterocycles. The highest BCUT2D eigenvalue weighted by Gasteiger charge is 2.28. The smallest absolute Gasteiger partial charge is 0.319 e. The normalized spacial score (nSPS) is 14.6. The summed E-state index contributed by atoms with van der Waals surface area (Å²) in [5.41, 5.74) is 1.96. The van der Waals surface area contributed by atoms with Gasteiger partial charge >= 0.3 is 6.03 Å². The Bertz CT molecular complexity index is 572. The molecule has 0 aromatic heterocycles. The number of urea groups is 1. The molecular weight excluding hydrogens is 340 g/mol. The van der Waals surface area contributed by atoms with E-state index in [9.17, 15) is 9.59 Å². The van der Waals surface area contributed by atoms with Gasteiger partial charge in [-0.25, -0.2) is 4.79 Å². The van der Waals surface area contributed by atoms with Crippen molar-refractivity contribution < 1.29 is 9.59 Å². The van der Waals surface area contributed by atoms with Gasteiger partial charge in [-0.15, -0.1) is 12.4 Å². The number of likely N-dealkylation sites (tertiary alicyclic amines) is 1. The quantitative estimate of drug-likeness (QED) is 0.839. The summed E-state index contributed by atoms with van der Waals surface area (Å²) in [5.74, 6) is 0.0132. The molecule has 2 N–H and O–H groups in total. The van der Waals surface area contributed by atoms with E-state index >= 15 is 0 Å². The Labute approximate surface area is 156 Å². The number of halogens is 1. The van der Waals surface area contributed by atoms with Gasteiger partial charge in [0, 0.05) is 45.3 Å². The number of nitrogens with one attached hydrogen (secondary N) is 2. The van der Waals surface area contributed by atoms with Gasteiger partial charge in [0.1, 0.15) is 0 Å². The Morgan fingerprint density at radius 1 is 1.20 bits per heavy atom. The van der Waals surface area contributed by atoms with Crippen LogP contribution in [0.3, 0.4) is 0 Å². The lowest BCUT2D eigenvalue weighted by Gasteiger charge is -2.33. The van der Waals surface area contributed by atoms with Crippen LogP contribution in [0.25, 0.3) is 0 Å². The summed E-state index contributed by atoms with van der Waals surface area (Å²) in [4.78, 5) is 27.9. The Kier molecular flexibility index (Phi) is 8.72. The molecule has 0 unspecified atom stereocenters. The molecule has 1 aliphatic rings. The minimum Gasteiger partial charge on any atom is -0.331 e. The van der Waals surface area contributed by atoms with Crippen molar-refractivity contribution in [3.63, 3.8) is 0 Å². The number of benzene rings is 1. The maximum atomic E-state index is 12.6. The summed E-state index contributed by atoms with van der Waals surface area (Å²) < 4.78 is 0. The number of rotatable bonds is 5. The molecule has 1 aliphatic heterocycles. The third-order valence-electron chi connectivity index (χ3n) is 4.36. The van der Waals surface area contributed by atoms with Crippen LogP contribution in [0.15, 0.2) is 24.3 Å². The van der Waals surface area contributed by atoms with E-state index in [1.807, 2.05) is 29.2 Å². The van der Waals surface area contributed by atoms with Crippen LogP contribution in [0.4, 0.5) is 10.5 Å². The number of hydrogen-bond acceptors (Lipinski definition) is 3. The van der Waals surface area contributed by atoms with Gasteiger partial charge in [0.05, 0.1) is 0 Å². The standard InChI is InChI=1S/C18H28N4O2.ClH/c1-4-19-13-15-7-5-6-8-16(15)20-17(23)14-9-11-22(12-10-14)18(24)21(2)3;/h5-8,14,19H,4,9-13H2,1-3H3,(H,20,23);1H. The molecule has 25 heavy (non-hydrogen) atoms. The minimum absolute atomic E-state index is 0. The number of amides is 3. The molecule has 1 aromatic carbocycles. The first-order chi connectivity index (χ1) is 11.5. The summed E-state index contributed by atoms with van der Waals surface area (Å²) >= 11 is 0. The van der Waals surface area contributed by atoms with E-state index in [0.717, 1.165) is 24.3 Å². The second kappa shape index (κ2) is 10.3. The third kappa shape index (κ3) is 5.90. The van der Waals surface area contributed by atoms with Crippen molar-refractivity contribution in [2.45, 2.75) is 26.3 Å². The van der Waals surface area contributed by atoms with Crippen LogP contribution in [0.2, 0.25) is 0 Å². The predicted molar refractivity (Wildman–Crippen MR) is 103 cm³/mol. The van der Waals surface area contributed by atoms with Gasteiger partial charge in [-0.1, -0.05) is 25.1 Å². The zero-order valence-corrected chi connectivity index (χ0v) is 16.1. The molecule has 2 rings (SSSR count). The van der Waals surface area contributed by atoms with Gasteiger partial charge in [-0.3, -0.25) is 4.79 Å². The van der Waals surface area contributed by atoms with Crippen LogP contribution in [0.1, 0.15) is 25.3 Å². The van der Waals surface area contributed by atoms with Crippen LogP contribution in [0, 0.1) is 5.92 Å². The highest BCUT2D eigenvalue weighted by Crippen LogP contribution is 2.22. The first kappa shape index (κ1) is 21.3. The SMILES string of the molecule is CCNCc1ccccc1NC(=O)C1CCN(C(=O)N(C)C)CC1.Cl. The second-order valence-electron chi connectivity index (χ2n) is 6.37. The zero-order valence-electron chi connectivity index (χ0n) is 15.2. The van der Waals surface area contributed by atoms with Gasteiger partial charge in [0.2, 0.25) is 5.91 Å². The van der Waals surface area contributed by atoms with Gasteiger partial charge < -0.3 is 20.4 Å². The minimum atomic E-state index is -0.0385. The van der Waals surface area contributed by atoms with Crippen LogP contribution in [-0.2, 0) is 11.3 Å². The van der Waals surface area contributed by atoms with Gasteiger partial charge in [-0.05, 0) is 31.0 Å². The molecular formula is C18H29ClN4O2. The topological polar surface area (TPSA) is 64.7 Å². The largest absolute Gasteiger partial charge is 0.331 e. The average Bonchev–Trinajstić information content (AvgIpc) is 2.60. The van der Waals surface area contributed by atoms with E-state index < -0.39 is 0 Å². The number of anilines is 1. The fourth-order valence-electron chi connectivity index (χ4n) is 2.91. The lowest BCUT2D eigenvalue weighted by atomic mass is 9.96. The number of nitrogens with zero attached hydrogens (tertiary/aromatic N) is 2. The molecule has 0 radical (unpaired) electrons. The summed E-state index contributed by atoms with van der Waals surface area (Å²) in [7, 11) is 3.50. The van der Waals surface area contributed by atoms with Crippen LogP contribution < -0.4 is 10.6 Å². The van der Waals surface area contributed by atoms with E-state index in [4.69, 9.17) is 0 Å². The fourth-order valence-corrected chi connectivity index (χ4v) is 2.91. The molecule has 1 aromatic rings. The first-order valence-electron chi connectivity index (χ1n) is 8.58. The Morgan fingerprint density at radius 3 is 2.44 bits per heavy atom. The van der Waals surface area contributed by atoms with E-state index in [2.05, 4.69) is 17.6 Å². The monoisotopic (exact) mass is 368 g/mol. The van der Waals surface area contributed by atoms with E-state index in [0.29, 0.717) is 25.9 Å². The summed E-state index contributed by atoms with van der Waals surface area (Å²) in [6, 6.07) is 7.90. The highest BCUT2D eigenvalue weighted by molar-refractivity contribution is 5.93. The van der Waals surface area contributed by atoms with Crippen LogP contribution >= 0.6 is 12.4 Å². The van der Waals surface area contributed by atoms with Crippen LogP contribution in [0.5, 0.6) is 0 Å². The van der Waals surface area contributed by atoms with Crippen molar-refractivity contribution in [3.8, 4) is 0 Å². The molecule has 140 valence electrons. The summed E-state index contributed by atoms with van der Waals surface area (Å²) in [5, 5.41) is 6.35. The molecule has 3 amide bonds. The van der Waals surface area contributed by atoms with Crippen molar-refractivity contribution in [1.82, 2.24) is 15.1 Å². The van der Waals surface area contributed by atoms with Crippen molar-refractivity contribution >= 4 is 30.0 Å². The summed E-state index contributed by atoms with van der Waals surface area (Å²) in [6.45, 7) is 4.95. The van der Waals surface area contributed by atoms with Crippen molar-refractivity contribution in [2.75, 3.05) is 39.0 Å². The van der Waals surface area contributed by atoms with Gasteiger partial charge in [-0.2, -0.15) is 0 Å². The Morgan fingerprint density at radius 2 is 1.84 bits per heavy atom. The maximum absolute atomic E-state index is 12.6. The number of hydrogen-bond donors (Lipinski definition) is 2. The number of carbonyl (C=O) groups is 2. The van der Waals surface area contributed by atoms with Crippen molar-refractivity contribution in [3.05, 3.63) is 29.8 Å². The van der Waals surface area contributed by atoms with E-state index in [1.54, 1.807) is 19.0 Å². The molecule has 6 nitrogen and oxygen atoms in total. The average molecular weight is 369 g/mol. The lowest BCUT2D eigenvalue weighted by molar-refractivity contribution is -0.121. The molecule has 0 saturated carbocycles. The molecule has 1 fully saturated rings. The van der Waals surface area contributed by atoms with E-state index in [1.165, 1.54) is 0 Å². The number of piperidine rings is 1. The molecule has 0 bridgehead atoms. The molecule has 0 spiro atoms. The first-order valence-corrected chi connectivity index (χ1v) is 8.58. The van der Waals surface area contributed by atoms with Crippen molar-refractivity contribution in [2.24, 2.45) is 5.92 Å². The van der Waals surface area contributed by atoms with Crippen molar-refractivity contribution in [1.29, 1.82) is 0 Å². The highest BCUT2D eigenvalue weighted by atomic mass is 35.5. The fraction of sp³-hybridized carbons (Fsp3) is 0.556.